The molecule has 1 saturated carbocycles. The zero-order valence-electron chi connectivity index (χ0n) is 11.7. The Morgan fingerprint density at radius 3 is 2.60 bits per heavy atom. The second-order valence-electron chi connectivity index (χ2n) is 4.77. The van der Waals surface area contributed by atoms with Crippen LogP contribution in [0.25, 0.3) is 0 Å². The molecule has 1 aliphatic carbocycles. The Balaban J connectivity index is 0.00000200. The minimum Gasteiger partial charge on any atom is -0.356 e. The van der Waals surface area contributed by atoms with E-state index in [1.54, 1.807) is 30.9 Å². The first-order valence-corrected chi connectivity index (χ1v) is 7.53. The molecule has 1 aromatic carbocycles. The zero-order valence-corrected chi connectivity index (χ0v) is 14.9. The van der Waals surface area contributed by atoms with Gasteiger partial charge < -0.3 is 10.6 Å². The van der Waals surface area contributed by atoms with Gasteiger partial charge in [0.1, 0.15) is 5.82 Å². The molecule has 2 rings (SSSR count). The lowest BCUT2D eigenvalue weighted by atomic mass is 10.4. The van der Waals surface area contributed by atoms with Crippen LogP contribution >= 0.6 is 35.7 Å². The Labute approximate surface area is 141 Å². The van der Waals surface area contributed by atoms with Crippen LogP contribution in [-0.2, 0) is 0 Å². The summed E-state index contributed by atoms with van der Waals surface area (Å²) in [5, 5.41) is 6.66. The predicted octanol–water partition coefficient (Wildman–Crippen LogP) is 3.11. The van der Waals surface area contributed by atoms with Crippen molar-refractivity contribution in [1.82, 2.24) is 10.6 Å². The van der Waals surface area contributed by atoms with Crippen molar-refractivity contribution in [3.05, 3.63) is 30.1 Å². The van der Waals surface area contributed by atoms with Gasteiger partial charge in [-0.3, -0.25) is 4.99 Å². The number of hydrogen-bond acceptors (Lipinski definition) is 2. The summed E-state index contributed by atoms with van der Waals surface area (Å²) in [5.74, 6) is 2.36. The van der Waals surface area contributed by atoms with E-state index >= 15 is 0 Å². The smallest absolute Gasteiger partial charge is 0.191 e. The van der Waals surface area contributed by atoms with Crippen molar-refractivity contribution in [2.45, 2.75) is 24.3 Å². The van der Waals surface area contributed by atoms with Gasteiger partial charge in [-0.1, -0.05) is 6.92 Å². The summed E-state index contributed by atoms with van der Waals surface area (Å²) in [4.78, 5) is 5.28. The summed E-state index contributed by atoms with van der Waals surface area (Å²) >= 11 is 1.70. The SMILES string of the molecule is CN=C(NCCSc1ccc(F)cc1)NC1CC1C.I. The maximum Gasteiger partial charge on any atom is 0.191 e. The molecule has 2 unspecified atom stereocenters. The van der Waals surface area contributed by atoms with Crippen molar-refractivity contribution in [1.29, 1.82) is 0 Å². The van der Waals surface area contributed by atoms with E-state index in [1.807, 2.05) is 0 Å². The van der Waals surface area contributed by atoms with Gasteiger partial charge in [0, 0.05) is 30.3 Å². The monoisotopic (exact) mass is 409 g/mol. The molecule has 0 saturated heterocycles. The van der Waals surface area contributed by atoms with Gasteiger partial charge in [0.15, 0.2) is 5.96 Å². The topological polar surface area (TPSA) is 36.4 Å². The molecular formula is C14H21FIN3S. The Hall–Kier alpha value is -0.500. The molecule has 1 aliphatic rings. The fourth-order valence-electron chi connectivity index (χ4n) is 1.76. The van der Waals surface area contributed by atoms with Crippen LogP contribution in [0, 0.1) is 11.7 Å². The lowest BCUT2D eigenvalue weighted by molar-refractivity contribution is 0.626. The third-order valence-corrected chi connectivity index (χ3v) is 4.15. The van der Waals surface area contributed by atoms with E-state index in [9.17, 15) is 4.39 Å². The minimum absolute atomic E-state index is 0. The standard InChI is InChI=1S/C14H20FN3S.HI/c1-10-9-13(10)18-14(16-2)17-7-8-19-12-5-3-11(15)4-6-12;/h3-6,10,13H,7-9H2,1-2H3,(H2,16,17,18);1H. The van der Waals surface area contributed by atoms with E-state index in [0.717, 1.165) is 29.1 Å². The second-order valence-corrected chi connectivity index (χ2v) is 5.93. The van der Waals surface area contributed by atoms with Gasteiger partial charge in [-0.25, -0.2) is 4.39 Å². The van der Waals surface area contributed by atoms with Crippen LogP contribution < -0.4 is 10.6 Å². The number of halogens is 2. The highest BCUT2D eigenvalue weighted by atomic mass is 127. The molecule has 0 aliphatic heterocycles. The molecule has 0 amide bonds. The lowest BCUT2D eigenvalue weighted by Crippen LogP contribution is -2.40. The summed E-state index contributed by atoms with van der Waals surface area (Å²) in [7, 11) is 1.79. The van der Waals surface area contributed by atoms with Crippen molar-refractivity contribution in [2.75, 3.05) is 19.3 Å². The average Bonchev–Trinajstić information content (AvgIpc) is 3.11. The van der Waals surface area contributed by atoms with E-state index in [2.05, 4.69) is 22.5 Å². The molecule has 6 heteroatoms. The van der Waals surface area contributed by atoms with Crippen LogP contribution in [0.5, 0.6) is 0 Å². The predicted molar refractivity (Wildman–Crippen MR) is 94.6 cm³/mol. The number of nitrogens with one attached hydrogen (secondary N) is 2. The van der Waals surface area contributed by atoms with Gasteiger partial charge >= 0.3 is 0 Å². The first-order chi connectivity index (χ1) is 9.19. The highest BCUT2D eigenvalue weighted by molar-refractivity contribution is 14.0. The van der Waals surface area contributed by atoms with E-state index in [1.165, 1.54) is 18.6 Å². The van der Waals surface area contributed by atoms with E-state index in [0.29, 0.717) is 6.04 Å². The first kappa shape index (κ1) is 17.6. The highest BCUT2D eigenvalue weighted by Gasteiger charge is 2.33. The molecule has 1 fully saturated rings. The van der Waals surface area contributed by atoms with Crippen molar-refractivity contribution in [3.8, 4) is 0 Å². The molecule has 3 nitrogen and oxygen atoms in total. The average molecular weight is 409 g/mol. The molecule has 0 bridgehead atoms. The Kier molecular flexibility index (Phi) is 7.65. The summed E-state index contributed by atoms with van der Waals surface area (Å²) in [6, 6.07) is 7.17. The van der Waals surface area contributed by atoms with Crippen LogP contribution in [0.1, 0.15) is 13.3 Å². The molecule has 2 atom stereocenters. The van der Waals surface area contributed by atoms with Crippen molar-refractivity contribution >= 4 is 41.7 Å². The van der Waals surface area contributed by atoms with Gasteiger partial charge in [-0.15, -0.1) is 35.7 Å². The number of hydrogen-bond donors (Lipinski definition) is 2. The molecule has 0 spiro atoms. The van der Waals surface area contributed by atoms with E-state index in [-0.39, 0.29) is 29.8 Å². The number of guanidine groups is 1. The first-order valence-electron chi connectivity index (χ1n) is 6.54. The molecule has 2 N–H and O–H groups in total. The van der Waals surface area contributed by atoms with Crippen molar-refractivity contribution in [2.24, 2.45) is 10.9 Å². The number of thioether (sulfide) groups is 1. The van der Waals surface area contributed by atoms with Gasteiger partial charge in [-0.05, 0) is 36.6 Å². The molecular weight excluding hydrogens is 388 g/mol. The number of aliphatic imine (C=N–C) groups is 1. The maximum atomic E-state index is 12.7. The number of benzene rings is 1. The van der Waals surface area contributed by atoms with Crippen LogP contribution in [0.2, 0.25) is 0 Å². The van der Waals surface area contributed by atoms with Gasteiger partial charge in [-0.2, -0.15) is 0 Å². The van der Waals surface area contributed by atoms with Gasteiger partial charge in [0.2, 0.25) is 0 Å². The zero-order chi connectivity index (χ0) is 13.7. The second kappa shape index (κ2) is 8.71. The Bertz CT molecular complexity index is 439. The van der Waals surface area contributed by atoms with Gasteiger partial charge in [0.05, 0.1) is 0 Å². The van der Waals surface area contributed by atoms with Crippen LogP contribution in [0.3, 0.4) is 0 Å². The molecule has 112 valence electrons. The number of nitrogens with zero attached hydrogens (tertiary/aromatic N) is 1. The maximum absolute atomic E-state index is 12.7. The quantitative estimate of drug-likeness (QED) is 0.258. The highest BCUT2D eigenvalue weighted by Crippen LogP contribution is 2.28. The van der Waals surface area contributed by atoms with Crippen LogP contribution in [0.4, 0.5) is 4.39 Å². The van der Waals surface area contributed by atoms with Crippen molar-refractivity contribution in [3.63, 3.8) is 0 Å². The minimum atomic E-state index is -0.189. The summed E-state index contributed by atoms with van der Waals surface area (Å²) in [6.45, 7) is 3.07. The van der Waals surface area contributed by atoms with E-state index < -0.39 is 0 Å². The number of rotatable bonds is 5. The Morgan fingerprint density at radius 1 is 1.40 bits per heavy atom. The summed E-state index contributed by atoms with van der Waals surface area (Å²) in [6.07, 6.45) is 1.23. The fourth-order valence-corrected chi connectivity index (χ4v) is 2.53. The lowest BCUT2D eigenvalue weighted by Gasteiger charge is -2.11. The largest absolute Gasteiger partial charge is 0.356 e. The fraction of sp³-hybridized carbons (Fsp3) is 0.500. The normalized spacial score (nSPS) is 21.1. The summed E-state index contributed by atoms with van der Waals surface area (Å²) < 4.78 is 12.7. The van der Waals surface area contributed by atoms with Crippen LogP contribution in [0.15, 0.2) is 34.2 Å². The molecule has 20 heavy (non-hydrogen) atoms. The van der Waals surface area contributed by atoms with Gasteiger partial charge in [0.25, 0.3) is 0 Å². The molecule has 0 aromatic heterocycles. The summed E-state index contributed by atoms with van der Waals surface area (Å²) in [5.41, 5.74) is 0. The van der Waals surface area contributed by atoms with Crippen molar-refractivity contribution < 1.29 is 4.39 Å². The van der Waals surface area contributed by atoms with Crippen LogP contribution in [-0.4, -0.2) is 31.3 Å². The third kappa shape index (κ3) is 5.87. The molecule has 1 aromatic rings. The third-order valence-electron chi connectivity index (χ3n) is 3.13. The Morgan fingerprint density at radius 2 is 2.05 bits per heavy atom. The molecule has 0 radical (unpaired) electrons. The molecule has 0 heterocycles. The van der Waals surface area contributed by atoms with E-state index in [4.69, 9.17) is 0 Å².